The Balaban J connectivity index is 2.33. The Morgan fingerprint density at radius 3 is 2.50 bits per heavy atom. The lowest BCUT2D eigenvalue weighted by atomic mass is 10.1. The van der Waals surface area contributed by atoms with Crippen LogP contribution < -0.4 is 4.90 Å². The van der Waals surface area contributed by atoms with E-state index in [-0.39, 0.29) is 12.2 Å². The number of morpholine rings is 1. The van der Waals surface area contributed by atoms with Gasteiger partial charge in [-0.15, -0.1) is 0 Å². The Labute approximate surface area is 117 Å². The molecule has 0 aliphatic carbocycles. The quantitative estimate of drug-likeness (QED) is 0.910. The summed E-state index contributed by atoms with van der Waals surface area (Å²) in [4.78, 5) is 2.30. The fourth-order valence-electron chi connectivity index (χ4n) is 2.52. The highest BCUT2D eigenvalue weighted by Crippen LogP contribution is 2.31. The van der Waals surface area contributed by atoms with Crippen molar-refractivity contribution >= 4 is 21.6 Å². The maximum atomic E-state index is 9.88. The van der Waals surface area contributed by atoms with Gasteiger partial charge in [0.05, 0.1) is 18.3 Å². The van der Waals surface area contributed by atoms with Crippen molar-refractivity contribution in [3.63, 3.8) is 0 Å². The van der Waals surface area contributed by atoms with Crippen LogP contribution in [0.25, 0.3) is 0 Å². The van der Waals surface area contributed by atoms with Gasteiger partial charge in [0.2, 0.25) is 0 Å². The molecule has 3 nitrogen and oxygen atoms in total. The molecule has 1 aromatic rings. The lowest BCUT2D eigenvalue weighted by Crippen LogP contribution is -2.45. The van der Waals surface area contributed by atoms with Crippen LogP contribution in [0.3, 0.4) is 0 Å². The lowest BCUT2D eigenvalue weighted by Gasteiger charge is -2.38. The van der Waals surface area contributed by atoms with Gasteiger partial charge < -0.3 is 14.7 Å². The van der Waals surface area contributed by atoms with Crippen molar-refractivity contribution in [3.05, 3.63) is 28.2 Å². The van der Waals surface area contributed by atoms with E-state index in [4.69, 9.17) is 4.74 Å². The third-order valence-corrected chi connectivity index (χ3v) is 3.70. The first-order valence-corrected chi connectivity index (χ1v) is 7.14. The Morgan fingerprint density at radius 1 is 1.33 bits per heavy atom. The molecule has 0 aromatic heterocycles. The molecule has 100 valence electrons. The smallest absolute Gasteiger partial charge is 0.0782 e. The van der Waals surface area contributed by atoms with Gasteiger partial charge in [0.1, 0.15) is 0 Å². The molecular weight excluding hydrogens is 294 g/mol. The van der Waals surface area contributed by atoms with Crippen molar-refractivity contribution in [3.8, 4) is 0 Å². The summed E-state index contributed by atoms with van der Waals surface area (Å²) in [6.45, 7) is 7.70. The second-order valence-corrected chi connectivity index (χ2v) is 5.96. The first-order valence-electron chi connectivity index (χ1n) is 6.35. The zero-order chi connectivity index (χ0) is 13.3. The molecule has 2 rings (SSSR count). The van der Waals surface area contributed by atoms with E-state index >= 15 is 0 Å². The summed E-state index contributed by atoms with van der Waals surface area (Å²) < 4.78 is 6.79. The third-order valence-electron chi connectivity index (χ3n) is 3.20. The molecule has 4 heteroatoms. The van der Waals surface area contributed by atoms with Gasteiger partial charge in [0.15, 0.2) is 0 Å². The van der Waals surface area contributed by atoms with Gasteiger partial charge in [-0.2, -0.15) is 0 Å². The van der Waals surface area contributed by atoms with Gasteiger partial charge in [-0.3, -0.25) is 0 Å². The molecule has 1 aliphatic rings. The van der Waals surface area contributed by atoms with Crippen molar-refractivity contribution in [1.82, 2.24) is 0 Å². The average molecular weight is 314 g/mol. The van der Waals surface area contributed by atoms with Crippen LogP contribution in [0.1, 0.15) is 32.4 Å². The van der Waals surface area contributed by atoms with Crippen LogP contribution >= 0.6 is 15.9 Å². The fraction of sp³-hybridized carbons (Fsp3) is 0.571. The van der Waals surface area contributed by atoms with Gasteiger partial charge in [0, 0.05) is 28.8 Å². The summed E-state index contributed by atoms with van der Waals surface area (Å²) in [6.07, 6.45) is -0.0225. The van der Waals surface area contributed by atoms with Crippen LogP contribution in [0, 0.1) is 0 Å². The minimum absolute atomic E-state index is 0.217. The molecule has 1 heterocycles. The second kappa shape index (κ2) is 5.59. The van der Waals surface area contributed by atoms with E-state index in [0.717, 1.165) is 28.8 Å². The number of rotatable bonds is 2. The van der Waals surface area contributed by atoms with E-state index in [9.17, 15) is 5.11 Å². The van der Waals surface area contributed by atoms with Crippen molar-refractivity contribution in [2.75, 3.05) is 18.0 Å². The summed E-state index contributed by atoms with van der Waals surface area (Å²) >= 11 is 3.50. The predicted molar refractivity (Wildman–Crippen MR) is 77.0 cm³/mol. The third kappa shape index (κ3) is 3.05. The molecule has 0 bridgehead atoms. The molecule has 0 spiro atoms. The molecule has 1 aliphatic heterocycles. The normalized spacial score (nSPS) is 26.2. The van der Waals surface area contributed by atoms with Gasteiger partial charge in [0.25, 0.3) is 0 Å². The Kier molecular flexibility index (Phi) is 4.30. The lowest BCUT2D eigenvalue weighted by molar-refractivity contribution is -0.00538. The Bertz CT molecular complexity index is 412. The molecule has 1 aromatic carbocycles. The van der Waals surface area contributed by atoms with Crippen LogP contribution in [0.15, 0.2) is 22.7 Å². The van der Waals surface area contributed by atoms with Crippen molar-refractivity contribution < 1.29 is 9.84 Å². The minimum Gasteiger partial charge on any atom is -0.389 e. The number of aliphatic hydroxyl groups is 1. The van der Waals surface area contributed by atoms with E-state index in [0.29, 0.717) is 0 Å². The monoisotopic (exact) mass is 313 g/mol. The van der Waals surface area contributed by atoms with Gasteiger partial charge in [-0.05, 0) is 32.9 Å². The van der Waals surface area contributed by atoms with Crippen molar-refractivity contribution in [1.29, 1.82) is 0 Å². The van der Waals surface area contributed by atoms with Crippen molar-refractivity contribution in [2.45, 2.75) is 39.1 Å². The molecule has 3 unspecified atom stereocenters. The summed E-state index contributed by atoms with van der Waals surface area (Å²) in [6, 6.07) is 6.03. The van der Waals surface area contributed by atoms with Crippen LogP contribution in [0.5, 0.6) is 0 Å². The summed E-state index contributed by atoms with van der Waals surface area (Å²) in [5.41, 5.74) is 2.07. The van der Waals surface area contributed by atoms with E-state index in [1.54, 1.807) is 6.92 Å². The number of nitrogens with zero attached hydrogens (tertiary/aromatic N) is 1. The first-order chi connectivity index (χ1) is 8.47. The van der Waals surface area contributed by atoms with Gasteiger partial charge in [-0.25, -0.2) is 0 Å². The highest BCUT2D eigenvalue weighted by molar-refractivity contribution is 9.10. The number of halogens is 1. The topological polar surface area (TPSA) is 32.7 Å². The molecule has 1 N–H and O–H groups in total. The number of benzene rings is 1. The van der Waals surface area contributed by atoms with Crippen LogP contribution in [-0.4, -0.2) is 30.4 Å². The van der Waals surface area contributed by atoms with Crippen LogP contribution in [0.2, 0.25) is 0 Å². The molecular formula is C14H20BrNO2. The van der Waals surface area contributed by atoms with E-state index in [1.807, 2.05) is 12.1 Å². The van der Waals surface area contributed by atoms with Crippen LogP contribution in [-0.2, 0) is 4.74 Å². The average Bonchev–Trinajstić information content (AvgIpc) is 2.27. The largest absolute Gasteiger partial charge is 0.389 e. The summed E-state index contributed by atoms with van der Waals surface area (Å²) in [5, 5.41) is 9.88. The number of hydrogen-bond acceptors (Lipinski definition) is 3. The predicted octanol–water partition coefficient (Wildman–Crippen LogP) is 3.12. The number of aliphatic hydroxyl groups excluding tert-OH is 1. The molecule has 18 heavy (non-hydrogen) atoms. The molecule has 3 atom stereocenters. The maximum Gasteiger partial charge on any atom is 0.0782 e. The minimum atomic E-state index is -0.457. The van der Waals surface area contributed by atoms with E-state index in [2.05, 4.69) is 40.7 Å². The zero-order valence-electron chi connectivity index (χ0n) is 11.1. The Hall–Kier alpha value is -0.580. The van der Waals surface area contributed by atoms with Gasteiger partial charge >= 0.3 is 0 Å². The molecule has 0 amide bonds. The molecule has 0 saturated carbocycles. The van der Waals surface area contributed by atoms with E-state index < -0.39 is 6.10 Å². The Morgan fingerprint density at radius 2 is 1.94 bits per heavy atom. The van der Waals surface area contributed by atoms with Crippen LogP contribution in [0.4, 0.5) is 5.69 Å². The highest BCUT2D eigenvalue weighted by Gasteiger charge is 2.24. The standard InChI is InChI=1S/C14H20BrNO2/c1-9-7-16(8-10(2)18-9)14-6-12(15)4-5-13(14)11(3)17/h4-6,9-11,17H,7-8H2,1-3H3. The number of hydrogen-bond donors (Lipinski definition) is 1. The van der Waals surface area contributed by atoms with E-state index in [1.165, 1.54) is 0 Å². The molecule has 1 fully saturated rings. The SMILES string of the molecule is CC1CN(c2cc(Br)ccc2C(C)O)CC(C)O1. The summed E-state index contributed by atoms with van der Waals surface area (Å²) in [7, 11) is 0. The summed E-state index contributed by atoms with van der Waals surface area (Å²) in [5.74, 6) is 0. The van der Waals surface area contributed by atoms with Gasteiger partial charge in [-0.1, -0.05) is 22.0 Å². The maximum absolute atomic E-state index is 9.88. The highest BCUT2D eigenvalue weighted by atomic mass is 79.9. The zero-order valence-corrected chi connectivity index (χ0v) is 12.6. The first kappa shape index (κ1) is 13.8. The number of anilines is 1. The van der Waals surface area contributed by atoms with Crippen molar-refractivity contribution in [2.24, 2.45) is 0 Å². The fourth-order valence-corrected chi connectivity index (χ4v) is 2.87. The number of ether oxygens (including phenoxy) is 1. The molecule has 1 saturated heterocycles. The second-order valence-electron chi connectivity index (χ2n) is 5.04. The molecule has 0 radical (unpaired) electrons.